The van der Waals surface area contributed by atoms with Gasteiger partial charge in [-0.25, -0.2) is 9.97 Å². The average Bonchev–Trinajstić information content (AvgIpc) is 2.95. The third-order valence-corrected chi connectivity index (χ3v) is 3.46. The number of nitrogens with one attached hydrogen (secondary N) is 2. The highest BCUT2D eigenvalue weighted by molar-refractivity contribution is 5.63. The molecule has 1 atom stereocenters. The Hall–Kier alpha value is -2.50. The number of methoxy groups -OCH3 is 1. The fourth-order valence-electron chi connectivity index (χ4n) is 2.45. The molecule has 0 saturated heterocycles. The van der Waals surface area contributed by atoms with Crippen molar-refractivity contribution in [3.8, 4) is 11.5 Å². The summed E-state index contributed by atoms with van der Waals surface area (Å²) < 4.78 is 11.2. The van der Waals surface area contributed by atoms with Crippen LogP contribution < -0.4 is 20.1 Å². The zero-order valence-electron chi connectivity index (χ0n) is 12.1. The van der Waals surface area contributed by atoms with Crippen LogP contribution in [0.1, 0.15) is 5.56 Å². The topological polar surface area (TPSA) is 68.3 Å². The molecule has 6 heteroatoms. The van der Waals surface area contributed by atoms with Gasteiger partial charge in [0.25, 0.3) is 0 Å². The number of rotatable bonds is 5. The van der Waals surface area contributed by atoms with Gasteiger partial charge in [-0.15, -0.1) is 0 Å². The van der Waals surface area contributed by atoms with Gasteiger partial charge < -0.3 is 20.1 Å². The molecule has 0 saturated carbocycles. The van der Waals surface area contributed by atoms with E-state index in [0.717, 1.165) is 12.2 Å². The van der Waals surface area contributed by atoms with E-state index >= 15 is 0 Å². The minimum absolute atomic E-state index is 0.0973. The average molecular weight is 286 g/mol. The number of aromatic nitrogens is 2. The van der Waals surface area contributed by atoms with E-state index in [1.807, 2.05) is 18.2 Å². The molecule has 0 radical (unpaired) electrons. The fourth-order valence-corrected chi connectivity index (χ4v) is 2.45. The van der Waals surface area contributed by atoms with Crippen LogP contribution in [0.15, 0.2) is 30.6 Å². The maximum Gasteiger partial charge on any atom is 0.204 e. The Kier molecular flexibility index (Phi) is 3.77. The number of nitrogens with zero attached hydrogens (tertiary/aromatic N) is 2. The molecule has 21 heavy (non-hydrogen) atoms. The minimum atomic E-state index is 0.0973. The first-order chi connectivity index (χ1) is 10.3. The number of anilines is 2. The number of hydrogen-bond donors (Lipinski definition) is 2. The second-order valence-electron chi connectivity index (χ2n) is 4.79. The largest absolute Gasteiger partial charge is 0.490 e. The molecule has 2 N–H and O–H groups in total. The molecule has 2 aromatic rings. The van der Waals surface area contributed by atoms with Crippen LogP contribution in [0.3, 0.4) is 0 Å². The molecule has 1 aromatic heterocycles. The molecular weight excluding hydrogens is 268 g/mol. The van der Waals surface area contributed by atoms with Gasteiger partial charge in [0.05, 0.1) is 13.7 Å². The Bertz CT molecular complexity index is 608. The Balaban J connectivity index is 1.67. The molecule has 0 spiro atoms. The van der Waals surface area contributed by atoms with E-state index in [1.165, 1.54) is 11.9 Å². The van der Waals surface area contributed by atoms with Crippen LogP contribution >= 0.6 is 0 Å². The van der Waals surface area contributed by atoms with Gasteiger partial charge in [-0.1, -0.05) is 18.2 Å². The molecule has 110 valence electrons. The predicted octanol–water partition coefficient (Wildman–Crippen LogP) is 1.94. The van der Waals surface area contributed by atoms with Crippen LogP contribution in [0.5, 0.6) is 11.5 Å². The van der Waals surface area contributed by atoms with Crippen molar-refractivity contribution in [2.24, 2.45) is 0 Å². The van der Waals surface area contributed by atoms with Gasteiger partial charge in [-0.3, -0.25) is 0 Å². The molecule has 2 heterocycles. The summed E-state index contributed by atoms with van der Waals surface area (Å²) in [6, 6.07) is 8.12. The second-order valence-corrected chi connectivity index (χ2v) is 4.79. The van der Waals surface area contributed by atoms with Crippen LogP contribution in [0.4, 0.5) is 11.6 Å². The summed E-state index contributed by atoms with van der Waals surface area (Å²) in [5, 5.41) is 6.26. The highest BCUT2D eigenvalue weighted by atomic mass is 16.5. The molecule has 1 aliphatic rings. The van der Waals surface area contributed by atoms with Crippen molar-refractivity contribution in [2.45, 2.75) is 12.5 Å². The third-order valence-electron chi connectivity index (χ3n) is 3.46. The molecule has 3 rings (SSSR count). The van der Waals surface area contributed by atoms with E-state index in [9.17, 15) is 0 Å². The van der Waals surface area contributed by atoms with Gasteiger partial charge >= 0.3 is 0 Å². The summed E-state index contributed by atoms with van der Waals surface area (Å²) in [5.74, 6) is 2.90. The Morgan fingerprint density at radius 2 is 2.10 bits per heavy atom. The summed E-state index contributed by atoms with van der Waals surface area (Å²) in [4.78, 5) is 8.35. The lowest BCUT2D eigenvalue weighted by molar-refractivity contribution is 0.246. The molecule has 6 nitrogen and oxygen atoms in total. The third kappa shape index (κ3) is 2.69. The van der Waals surface area contributed by atoms with E-state index in [-0.39, 0.29) is 6.10 Å². The van der Waals surface area contributed by atoms with Gasteiger partial charge in [0.15, 0.2) is 11.6 Å². The molecule has 0 bridgehead atoms. The van der Waals surface area contributed by atoms with Crippen molar-refractivity contribution >= 4 is 11.6 Å². The second kappa shape index (κ2) is 5.87. The van der Waals surface area contributed by atoms with E-state index in [1.54, 1.807) is 14.2 Å². The fraction of sp³-hybridized carbons (Fsp3) is 0.333. The van der Waals surface area contributed by atoms with E-state index < -0.39 is 0 Å². The van der Waals surface area contributed by atoms with Crippen molar-refractivity contribution in [2.75, 3.05) is 31.3 Å². The van der Waals surface area contributed by atoms with E-state index in [2.05, 4.69) is 26.7 Å². The zero-order valence-corrected chi connectivity index (χ0v) is 12.1. The van der Waals surface area contributed by atoms with Gasteiger partial charge in [0.1, 0.15) is 18.2 Å². The number of ether oxygens (including phenoxy) is 2. The van der Waals surface area contributed by atoms with Gasteiger partial charge in [-0.2, -0.15) is 0 Å². The number of hydrogen-bond acceptors (Lipinski definition) is 6. The maximum absolute atomic E-state index is 5.90. The Labute approximate surface area is 123 Å². The van der Waals surface area contributed by atoms with Gasteiger partial charge in [0, 0.05) is 13.5 Å². The first-order valence-electron chi connectivity index (χ1n) is 6.87. The van der Waals surface area contributed by atoms with Crippen molar-refractivity contribution in [3.63, 3.8) is 0 Å². The molecular formula is C15H18N4O2. The summed E-state index contributed by atoms with van der Waals surface area (Å²) in [7, 11) is 3.40. The molecule has 1 aliphatic heterocycles. The van der Waals surface area contributed by atoms with Crippen molar-refractivity contribution in [3.05, 3.63) is 36.2 Å². The maximum atomic E-state index is 5.90. The summed E-state index contributed by atoms with van der Waals surface area (Å²) >= 11 is 0. The quantitative estimate of drug-likeness (QED) is 0.875. The smallest absolute Gasteiger partial charge is 0.204 e. The highest BCUT2D eigenvalue weighted by Crippen LogP contribution is 2.30. The monoisotopic (exact) mass is 286 g/mol. The standard InChI is InChI=1S/C15H18N4O2/c1-16-14-13(20-2)15(19-9-18-14)17-8-11-7-10-5-3-4-6-12(10)21-11/h3-6,9,11H,7-8H2,1-2H3,(H2,16,17,18,19). The Morgan fingerprint density at radius 1 is 1.29 bits per heavy atom. The van der Waals surface area contributed by atoms with Crippen LogP contribution in [-0.2, 0) is 6.42 Å². The molecule has 0 amide bonds. The molecule has 0 aliphatic carbocycles. The molecule has 1 unspecified atom stereocenters. The summed E-state index contributed by atoms with van der Waals surface area (Å²) in [5.41, 5.74) is 1.25. The van der Waals surface area contributed by atoms with Crippen LogP contribution in [0.2, 0.25) is 0 Å². The van der Waals surface area contributed by atoms with Crippen LogP contribution in [0.25, 0.3) is 0 Å². The van der Waals surface area contributed by atoms with E-state index in [4.69, 9.17) is 9.47 Å². The van der Waals surface area contributed by atoms with Gasteiger partial charge in [-0.05, 0) is 11.6 Å². The normalized spacial score (nSPS) is 16.0. The Morgan fingerprint density at radius 3 is 2.86 bits per heavy atom. The van der Waals surface area contributed by atoms with Crippen LogP contribution in [-0.4, -0.2) is 36.8 Å². The lowest BCUT2D eigenvalue weighted by Crippen LogP contribution is -2.24. The SMILES string of the molecule is CNc1ncnc(NCC2Cc3ccccc3O2)c1OC. The molecule has 0 fully saturated rings. The minimum Gasteiger partial charge on any atom is -0.490 e. The zero-order chi connectivity index (χ0) is 14.7. The van der Waals surface area contributed by atoms with Crippen LogP contribution in [0, 0.1) is 0 Å². The lowest BCUT2D eigenvalue weighted by atomic mass is 10.1. The number of para-hydroxylation sites is 1. The summed E-state index contributed by atoms with van der Waals surface area (Å²) in [6.45, 7) is 0.658. The van der Waals surface area contributed by atoms with Crippen molar-refractivity contribution in [1.29, 1.82) is 0 Å². The first kappa shape index (κ1) is 13.5. The van der Waals surface area contributed by atoms with Crippen molar-refractivity contribution in [1.82, 2.24) is 9.97 Å². The predicted molar refractivity (Wildman–Crippen MR) is 81.2 cm³/mol. The highest BCUT2D eigenvalue weighted by Gasteiger charge is 2.22. The van der Waals surface area contributed by atoms with E-state index in [0.29, 0.717) is 23.9 Å². The van der Waals surface area contributed by atoms with Gasteiger partial charge in [0.2, 0.25) is 5.75 Å². The summed E-state index contributed by atoms with van der Waals surface area (Å²) in [6.07, 6.45) is 2.50. The number of benzene rings is 1. The van der Waals surface area contributed by atoms with Crippen molar-refractivity contribution < 1.29 is 9.47 Å². The molecule has 1 aromatic carbocycles. The first-order valence-corrected chi connectivity index (χ1v) is 6.87. The number of fused-ring (bicyclic) bond motifs is 1. The lowest BCUT2D eigenvalue weighted by Gasteiger charge is -2.15.